The number of amides is 1. The van der Waals surface area contributed by atoms with Crippen molar-refractivity contribution in [2.75, 3.05) is 0 Å². The number of nitrogens with one attached hydrogen (secondary N) is 1. The van der Waals surface area contributed by atoms with Crippen molar-refractivity contribution in [1.82, 2.24) is 5.32 Å². The summed E-state index contributed by atoms with van der Waals surface area (Å²) in [4.78, 5) is 12.7. The van der Waals surface area contributed by atoms with Gasteiger partial charge in [-0.15, -0.1) is 0 Å². The van der Waals surface area contributed by atoms with E-state index in [0.717, 1.165) is 34.8 Å². The molecule has 0 saturated heterocycles. The summed E-state index contributed by atoms with van der Waals surface area (Å²) in [6, 6.07) is 8.37. The Bertz CT molecular complexity index is 552. The average Bonchev–Trinajstić information content (AvgIpc) is 2.72. The fourth-order valence-corrected chi connectivity index (χ4v) is 5.35. The first-order valence-corrected chi connectivity index (χ1v) is 8.59. The van der Waals surface area contributed by atoms with E-state index in [0.29, 0.717) is 6.04 Å². The standard InChI is InChI=1S/C19H25NO/c1-12-5-2-3-8-17(12)19(21)20-18-14-7-4-6-13-9-16(18)11-15(13)10-14/h2-3,5,8,13-16,18H,4,6-7,9-11H2,1H3,(H,20,21)/t13-,14-,15?,16-,18?/m0/s1. The van der Waals surface area contributed by atoms with E-state index in [1.165, 1.54) is 38.5 Å². The summed E-state index contributed by atoms with van der Waals surface area (Å²) in [6.45, 7) is 2.03. The smallest absolute Gasteiger partial charge is 0.251 e. The van der Waals surface area contributed by atoms with E-state index in [1.54, 1.807) is 0 Å². The second kappa shape index (κ2) is 5.15. The lowest BCUT2D eigenvalue weighted by molar-refractivity contribution is 0.0863. The van der Waals surface area contributed by atoms with Gasteiger partial charge in [0.05, 0.1) is 0 Å². The molecule has 3 bridgehead atoms. The van der Waals surface area contributed by atoms with E-state index in [9.17, 15) is 4.79 Å². The average molecular weight is 283 g/mol. The Balaban J connectivity index is 1.54. The van der Waals surface area contributed by atoms with E-state index in [2.05, 4.69) is 5.32 Å². The van der Waals surface area contributed by atoms with Crippen LogP contribution in [-0.4, -0.2) is 11.9 Å². The van der Waals surface area contributed by atoms with Gasteiger partial charge >= 0.3 is 0 Å². The summed E-state index contributed by atoms with van der Waals surface area (Å²) < 4.78 is 0. The molecule has 1 aromatic carbocycles. The van der Waals surface area contributed by atoms with Gasteiger partial charge in [-0.1, -0.05) is 31.0 Å². The molecule has 0 heterocycles. The van der Waals surface area contributed by atoms with Crippen molar-refractivity contribution in [2.45, 2.75) is 51.5 Å². The molecule has 1 N–H and O–H groups in total. The van der Waals surface area contributed by atoms with Crippen molar-refractivity contribution in [3.63, 3.8) is 0 Å². The van der Waals surface area contributed by atoms with Crippen LogP contribution >= 0.6 is 0 Å². The second-order valence-corrected chi connectivity index (χ2v) is 7.49. The topological polar surface area (TPSA) is 29.1 Å². The van der Waals surface area contributed by atoms with E-state index < -0.39 is 0 Å². The van der Waals surface area contributed by atoms with Crippen LogP contribution in [0.3, 0.4) is 0 Å². The number of fused-ring (bicyclic) bond motifs is 2. The number of carbonyl (C=O) groups is 1. The van der Waals surface area contributed by atoms with Crippen LogP contribution < -0.4 is 5.32 Å². The van der Waals surface area contributed by atoms with Gasteiger partial charge in [-0.2, -0.15) is 0 Å². The number of aryl methyl sites for hydroxylation is 1. The third-order valence-corrected chi connectivity index (χ3v) is 6.34. The summed E-state index contributed by atoms with van der Waals surface area (Å²) in [7, 11) is 0. The minimum absolute atomic E-state index is 0.144. The summed E-state index contributed by atoms with van der Waals surface area (Å²) in [6.07, 6.45) is 8.22. The molecule has 0 aromatic heterocycles. The molecule has 2 unspecified atom stereocenters. The number of rotatable bonds is 2. The minimum Gasteiger partial charge on any atom is -0.349 e. The van der Waals surface area contributed by atoms with Crippen LogP contribution in [-0.2, 0) is 0 Å². The van der Waals surface area contributed by atoms with Gasteiger partial charge in [0, 0.05) is 11.6 Å². The molecule has 1 aromatic rings. The first kappa shape index (κ1) is 13.4. The van der Waals surface area contributed by atoms with Crippen LogP contribution in [0.25, 0.3) is 0 Å². The Hall–Kier alpha value is -1.31. The van der Waals surface area contributed by atoms with E-state index in [1.807, 2.05) is 31.2 Å². The van der Waals surface area contributed by atoms with Crippen molar-refractivity contribution in [2.24, 2.45) is 23.7 Å². The highest BCUT2D eigenvalue weighted by Gasteiger charge is 2.48. The van der Waals surface area contributed by atoms with Crippen molar-refractivity contribution in [3.05, 3.63) is 35.4 Å². The Labute approximate surface area is 127 Å². The van der Waals surface area contributed by atoms with Gasteiger partial charge in [0.1, 0.15) is 0 Å². The Morgan fingerprint density at radius 3 is 2.57 bits per heavy atom. The summed E-state index contributed by atoms with van der Waals surface area (Å²) in [5, 5.41) is 3.42. The molecule has 4 rings (SSSR count). The monoisotopic (exact) mass is 283 g/mol. The molecule has 3 aliphatic carbocycles. The fourth-order valence-electron chi connectivity index (χ4n) is 5.35. The van der Waals surface area contributed by atoms with Gasteiger partial charge in [0.15, 0.2) is 0 Å². The molecule has 3 saturated carbocycles. The maximum Gasteiger partial charge on any atom is 0.251 e. The predicted molar refractivity (Wildman–Crippen MR) is 84.1 cm³/mol. The Kier molecular flexibility index (Phi) is 3.28. The lowest BCUT2D eigenvalue weighted by Gasteiger charge is -2.37. The summed E-state index contributed by atoms with van der Waals surface area (Å²) in [5.74, 6) is 3.54. The molecular formula is C19H25NO. The molecule has 1 amide bonds. The zero-order valence-electron chi connectivity index (χ0n) is 12.8. The van der Waals surface area contributed by atoms with Gasteiger partial charge < -0.3 is 5.32 Å². The SMILES string of the molecule is Cc1ccccc1C(=O)NC1[C@@H]2CC3C[C@@H]1CCC[C@H]3C2. The number of hydrogen-bond donors (Lipinski definition) is 1. The summed E-state index contributed by atoms with van der Waals surface area (Å²) >= 11 is 0. The maximum absolute atomic E-state index is 12.7. The zero-order chi connectivity index (χ0) is 14.4. The van der Waals surface area contributed by atoms with Crippen LogP contribution in [0, 0.1) is 30.6 Å². The molecule has 21 heavy (non-hydrogen) atoms. The van der Waals surface area contributed by atoms with Crippen molar-refractivity contribution in [3.8, 4) is 0 Å². The van der Waals surface area contributed by atoms with Gasteiger partial charge in [-0.05, 0) is 67.9 Å². The predicted octanol–water partition coefficient (Wildman–Crippen LogP) is 3.94. The molecule has 2 heteroatoms. The van der Waals surface area contributed by atoms with E-state index >= 15 is 0 Å². The quantitative estimate of drug-likeness (QED) is 0.875. The molecule has 3 aliphatic rings. The lowest BCUT2D eigenvalue weighted by Crippen LogP contribution is -2.47. The molecule has 3 fully saturated rings. The molecule has 5 atom stereocenters. The Morgan fingerprint density at radius 2 is 1.71 bits per heavy atom. The van der Waals surface area contributed by atoms with Crippen LogP contribution in [0.5, 0.6) is 0 Å². The van der Waals surface area contributed by atoms with Crippen molar-refractivity contribution < 1.29 is 4.79 Å². The largest absolute Gasteiger partial charge is 0.349 e. The van der Waals surface area contributed by atoms with E-state index in [4.69, 9.17) is 0 Å². The maximum atomic E-state index is 12.7. The number of carbonyl (C=O) groups excluding carboxylic acids is 1. The zero-order valence-corrected chi connectivity index (χ0v) is 12.8. The van der Waals surface area contributed by atoms with E-state index in [-0.39, 0.29) is 5.91 Å². The van der Waals surface area contributed by atoms with Gasteiger partial charge in [-0.3, -0.25) is 4.79 Å². The highest BCUT2D eigenvalue weighted by atomic mass is 16.1. The first-order valence-electron chi connectivity index (χ1n) is 8.59. The van der Waals surface area contributed by atoms with Crippen LogP contribution in [0.2, 0.25) is 0 Å². The minimum atomic E-state index is 0.144. The molecule has 2 nitrogen and oxygen atoms in total. The highest BCUT2D eigenvalue weighted by Crippen LogP contribution is 2.53. The highest BCUT2D eigenvalue weighted by molar-refractivity contribution is 5.95. The van der Waals surface area contributed by atoms with Crippen LogP contribution in [0.1, 0.15) is 54.4 Å². The molecular weight excluding hydrogens is 258 g/mol. The summed E-state index contributed by atoms with van der Waals surface area (Å²) in [5.41, 5.74) is 1.93. The molecule has 0 spiro atoms. The van der Waals surface area contributed by atoms with Gasteiger partial charge in [-0.25, -0.2) is 0 Å². The number of hydrogen-bond acceptors (Lipinski definition) is 1. The molecule has 0 aliphatic heterocycles. The Morgan fingerprint density at radius 1 is 1.00 bits per heavy atom. The van der Waals surface area contributed by atoms with Crippen molar-refractivity contribution >= 4 is 5.91 Å². The molecule has 112 valence electrons. The third-order valence-electron chi connectivity index (χ3n) is 6.34. The van der Waals surface area contributed by atoms with Crippen molar-refractivity contribution in [1.29, 1.82) is 0 Å². The molecule has 0 radical (unpaired) electrons. The van der Waals surface area contributed by atoms with Gasteiger partial charge in [0.25, 0.3) is 5.91 Å². The van der Waals surface area contributed by atoms with Gasteiger partial charge in [0.2, 0.25) is 0 Å². The van der Waals surface area contributed by atoms with Crippen LogP contribution in [0.15, 0.2) is 24.3 Å². The first-order chi connectivity index (χ1) is 10.2. The normalized spacial score (nSPS) is 37.3. The second-order valence-electron chi connectivity index (χ2n) is 7.49. The number of benzene rings is 1. The third kappa shape index (κ3) is 2.29. The lowest BCUT2D eigenvalue weighted by atomic mass is 9.75. The van der Waals surface area contributed by atoms with Crippen LogP contribution in [0.4, 0.5) is 0 Å². The fraction of sp³-hybridized carbons (Fsp3) is 0.632.